The van der Waals surface area contributed by atoms with E-state index in [1.54, 1.807) is 12.1 Å². The molecule has 0 N–H and O–H groups in total. The number of rotatable bonds is 3. The Balaban J connectivity index is 2.32. The summed E-state index contributed by atoms with van der Waals surface area (Å²) in [4.78, 5) is 14.5. The van der Waals surface area contributed by atoms with Gasteiger partial charge in [0.15, 0.2) is 0 Å². The van der Waals surface area contributed by atoms with E-state index in [0.717, 1.165) is 22.6 Å². The predicted octanol–water partition coefficient (Wildman–Crippen LogP) is 2.69. The number of hydrogen-bond acceptors (Lipinski definition) is 3. The summed E-state index contributed by atoms with van der Waals surface area (Å²) < 4.78 is 12.9. The fraction of sp³-hybridized carbons (Fsp3) is 0.0909. The van der Waals surface area contributed by atoms with Gasteiger partial charge < -0.3 is 4.79 Å². The van der Waals surface area contributed by atoms with E-state index in [0.29, 0.717) is 6.42 Å². The average molecular weight is 221 g/mol. The molecule has 0 aliphatic carbocycles. The highest BCUT2D eigenvalue weighted by Crippen LogP contribution is 2.24. The molecular formula is C11H8FNOS. The van der Waals surface area contributed by atoms with Crippen molar-refractivity contribution in [3.63, 3.8) is 0 Å². The third-order valence-electron chi connectivity index (χ3n) is 1.92. The Labute approximate surface area is 90.4 Å². The van der Waals surface area contributed by atoms with E-state index in [1.165, 1.54) is 23.5 Å². The molecule has 0 radical (unpaired) electrons. The zero-order valence-electron chi connectivity index (χ0n) is 7.81. The largest absolute Gasteiger partial charge is 0.303 e. The van der Waals surface area contributed by atoms with Gasteiger partial charge in [-0.25, -0.2) is 9.37 Å². The molecule has 15 heavy (non-hydrogen) atoms. The highest BCUT2D eigenvalue weighted by molar-refractivity contribution is 7.13. The summed E-state index contributed by atoms with van der Waals surface area (Å²) in [5, 5.41) is 2.56. The van der Waals surface area contributed by atoms with Gasteiger partial charge in [0.2, 0.25) is 0 Å². The molecule has 0 aliphatic heterocycles. The molecule has 2 rings (SSSR count). The summed E-state index contributed by atoms with van der Waals surface area (Å²) in [7, 11) is 0. The number of carbonyl (C=O) groups is 1. The fourth-order valence-electron chi connectivity index (χ4n) is 1.24. The number of nitrogens with zero attached hydrogens (tertiary/aromatic N) is 1. The average Bonchev–Trinajstić information content (AvgIpc) is 2.67. The molecule has 2 nitrogen and oxygen atoms in total. The molecular weight excluding hydrogens is 213 g/mol. The van der Waals surface area contributed by atoms with E-state index in [4.69, 9.17) is 0 Å². The van der Waals surface area contributed by atoms with Crippen LogP contribution in [0.3, 0.4) is 0 Å². The summed E-state index contributed by atoms with van der Waals surface area (Å²) in [5.41, 5.74) is 1.48. The quantitative estimate of drug-likeness (QED) is 0.746. The summed E-state index contributed by atoms with van der Waals surface area (Å²) in [6.07, 6.45) is 1.12. The van der Waals surface area contributed by atoms with Crippen LogP contribution in [0.4, 0.5) is 4.39 Å². The zero-order chi connectivity index (χ0) is 10.7. The third kappa shape index (κ3) is 2.27. The molecule has 0 fully saturated rings. The maximum atomic E-state index is 12.9. The van der Waals surface area contributed by atoms with Gasteiger partial charge in [-0.2, -0.15) is 0 Å². The first-order chi connectivity index (χ1) is 7.29. The van der Waals surface area contributed by atoms with Crippen LogP contribution in [0.15, 0.2) is 29.6 Å². The number of halogens is 1. The second kappa shape index (κ2) is 4.31. The lowest BCUT2D eigenvalue weighted by Gasteiger charge is -1.95. The Morgan fingerprint density at radius 1 is 1.47 bits per heavy atom. The van der Waals surface area contributed by atoms with Gasteiger partial charge in [-0.15, -0.1) is 11.3 Å². The molecule has 0 saturated carbocycles. The van der Waals surface area contributed by atoms with Crippen LogP contribution >= 0.6 is 11.3 Å². The summed E-state index contributed by atoms with van der Waals surface area (Å²) >= 11 is 1.41. The molecule has 0 bridgehead atoms. The first kappa shape index (κ1) is 9.98. The molecule has 1 aromatic carbocycles. The Morgan fingerprint density at radius 3 is 3.07 bits per heavy atom. The Kier molecular flexibility index (Phi) is 2.87. The van der Waals surface area contributed by atoms with Crippen molar-refractivity contribution in [2.75, 3.05) is 0 Å². The highest BCUT2D eigenvalue weighted by Gasteiger charge is 2.04. The summed E-state index contributed by atoms with van der Waals surface area (Å²) in [6, 6.07) is 6.27. The Morgan fingerprint density at radius 2 is 2.33 bits per heavy atom. The first-order valence-electron chi connectivity index (χ1n) is 4.43. The monoisotopic (exact) mass is 221 g/mol. The third-order valence-corrected chi connectivity index (χ3v) is 2.86. The first-order valence-corrected chi connectivity index (χ1v) is 5.31. The molecule has 0 saturated heterocycles. The highest BCUT2D eigenvalue weighted by atomic mass is 32.1. The van der Waals surface area contributed by atoms with Crippen LogP contribution in [0, 0.1) is 5.82 Å². The van der Waals surface area contributed by atoms with E-state index >= 15 is 0 Å². The van der Waals surface area contributed by atoms with E-state index in [-0.39, 0.29) is 5.82 Å². The Hall–Kier alpha value is -1.55. The van der Waals surface area contributed by atoms with Crippen LogP contribution in [-0.4, -0.2) is 11.3 Å². The summed E-state index contributed by atoms with van der Waals surface area (Å²) in [5.74, 6) is -0.278. The second-order valence-corrected chi connectivity index (χ2v) is 3.88. The molecule has 0 amide bonds. The minimum atomic E-state index is -0.278. The molecule has 1 heterocycles. The molecule has 76 valence electrons. The van der Waals surface area contributed by atoms with Crippen molar-refractivity contribution in [2.24, 2.45) is 0 Å². The normalized spacial score (nSPS) is 10.2. The second-order valence-electron chi connectivity index (χ2n) is 3.03. The molecule has 0 aliphatic rings. The van der Waals surface area contributed by atoms with E-state index in [1.807, 2.05) is 5.38 Å². The molecule has 0 atom stereocenters. The van der Waals surface area contributed by atoms with E-state index in [9.17, 15) is 9.18 Å². The van der Waals surface area contributed by atoms with Gasteiger partial charge in [-0.1, -0.05) is 12.1 Å². The standard InChI is InChI=1S/C11H8FNOS/c12-9-3-1-2-8(6-9)11-13-10(4-5-14)7-15-11/h1-3,5-7H,4H2. The zero-order valence-corrected chi connectivity index (χ0v) is 8.63. The van der Waals surface area contributed by atoms with Gasteiger partial charge in [-0.3, -0.25) is 0 Å². The van der Waals surface area contributed by atoms with Crippen molar-refractivity contribution < 1.29 is 9.18 Å². The maximum absolute atomic E-state index is 12.9. The van der Waals surface area contributed by atoms with Crippen molar-refractivity contribution in [1.82, 2.24) is 4.98 Å². The van der Waals surface area contributed by atoms with Gasteiger partial charge in [0.25, 0.3) is 0 Å². The lowest BCUT2D eigenvalue weighted by molar-refractivity contribution is -0.107. The minimum Gasteiger partial charge on any atom is -0.303 e. The fourth-order valence-corrected chi connectivity index (χ4v) is 2.07. The van der Waals surface area contributed by atoms with Gasteiger partial charge in [-0.05, 0) is 12.1 Å². The van der Waals surface area contributed by atoms with Crippen molar-refractivity contribution in [3.05, 3.63) is 41.2 Å². The number of hydrogen-bond donors (Lipinski definition) is 0. The van der Waals surface area contributed by atoms with E-state index < -0.39 is 0 Å². The Bertz CT molecular complexity index is 481. The number of carbonyl (C=O) groups excluding carboxylic acids is 1. The van der Waals surface area contributed by atoms with E-state index in [2.05, 4.69) is 4.98 Å². The van der Waals surface area contributed by atoms with Gasteiger partial charge in [0.05, 0.1) is 5.69 Å². The molecule has 0 unspecified atom stereocenters. The van der Waals surface area contributed by atoms with Crippen molar-refractivity contribution in [3.8, 4) is 10.6 Å². The predicted molar refractivity (Wildman–Crippen MR) is 57.3 cm³/mol. The van der Waals surface area contributed by atoms with Crippen LogP contribution in [0.2, 0.25) is 0 Å². The van der Waals surface area contributed by atoms with Gasteiger partial charge >= 0.3 is 0 Å². The molecule has 1 aromatic heterocycles. The maximum Gasteiger partial charge on any atom is 0.125 e. The van der Waals surface area contributed by atoms with Gasteiger partial charge in [0, 0.05) is 17.4 Å². The lowest BCUT2D eigenvalue weighted by atomic mass is 10.2. The van der Waals surface area contributed by atoms with Crippen LogP contribution < -0.4 is 0 Å². The van der Waals surface area contributed by atoms with Crippen molar-refractivity contribution in [1.29, 1.82) is 0 Å². The number of aldehydes is 1. The van der Waals surface area contributed by atoms with Gasteiger partial charge in [0.1, 0.15) is 17.1 Å². The van der Waals surface area contributed by atoms with Crippen molar-refractivity contribution in [2.45, 2.75) is 6.42 Å². The van der Waals surface area contributed by atoms with Crippen LogP contribution in [0.25, 0.3) is 10.6 Å². The van der Waals surface area contributed by atoms with Crippen LogP contribution in [-0.2, 0) is 11.2 Å². The SMILES string of the molecule is O=CCc1csc(-c2cccc(F)c2)n1. The summed E-state index contributed by atoms with van der Waals surface area (Å²) in [6.45, 7) is 0. The number of aromatic nitrogens is 1. The van der Waals surface area contributed by atoms with Crippen LogP contribution in [0.5, 0.6) is 0 Å². The molecule has 4 heteroatoms. The number of thiazole rings is 1. The molecule has 2 aromatic rings. The lowest BCUT2D eigenvalue weighted by Crippen LogP contribution is -1.85. The molecule has 0 spiro atoms. The van der Waals surface area contributed by atoms with Crippen molar-refractivity contribution >= 4 is 17.6 Å². The van der Waals surface area contributed by atoms with Crippen LogP contribution in [0.1, 0.15) is 5.69 Å². The number of benzene rings is 1. The topological polar surface area (TPSA) is 30.0 Å². The minimum absolute atomic E-state index is 0.278. The smallest absolute Gasteiger partial charge is 0.125 e.